The molecule has 0 unspecified atom stereocenters. The third-order valence-electron chi connectivity index (χ3n) is 3.16. The van der Waals surface area contributed by atoms with Crippen LogP contribution in [0.1, 0.15) is 30.2 Å². The molecule has 3 nitrogen and oxygen atoms in total. The Morgan fingerprint density at radius 2 is 2.20 bits per heavy atom. The van der Waals surface area contributed by atoms with Crippen LogP contribution in [0.5, 0.6) is 0 Å². The van der Waals surface area contributed by atoms with E-state index in [0.29, 0.717) is 12.0 Å². The van der Waals surface area contributed by atoms with E-state index in [4.69, 9.17) is 10.2 Å². The van der Waals surface area contributed by atoms with Crippen molar-refractivity contribution in [3.63, 3.8) is 0 Å². The predicted molar refractivity (Wildman–Crippen MR) is 58.7 cm³/mol. The van der Waals surface area contributed by atoms with E-state index in [2.05, 4.69) is 17.1 Å². The molecule has 0 radical (unpaired) electrons. The highest BCUT2D eigenvalue weighted by Crippen LogP contribution is 2.36. The number of rotatable bonds is 1. The molecule has 3 heteroatoms. The third-order valence-corrected chi connectivity index (χ3v) is 3.16. The van der Waals surface area contributed by atoms with Gasteiger partial charge in [-0.05, 0) is 36.5 Å². The van der Waals surface area contributed by atoms with Gasteiger partial charge in [-0.2, -0.15) is 0 Å². The van der Waals surface area contributed by atoms with Crippen LogP contribution in [0.2, 0.25) is 0 Å². The summed E-state index contributed by atoms with van der Waals surface area (Å²) in [7, 11) is 0. The minimum Gasteiger partial charge on any atom is -0.441 e. The maximum absolute atomic E-state index is 5.79. The summed E-state index contributed by atoms with van der Waals surface area (Å²) in [5.74, 6) is 1.36. The van der Waals surface area contributed by atoms with Gasteiger partial charge >= 0.3 is 0 Å². The summed E-state index contributed by atoms with van der Waals surface area (Å²) in [5.41, 5.74) is 8.97. The number of hydrogen-bond acceptors (Lipinski definition) is 3. The molecule has 1 aliphatic rings. The second-order valence-corrected chi connectivity index (χ2v) is 4.39. The van der Waals surface area contributed by atoms with Crippen LogP contribution >= 0.6 is 0 Å². The SMILES string of the molecule is Cc1nc2cc(C3CC(N)C3)ccc2o1. The van der Waals surface area contributed by atoms with Crippen molar-refractivity contribution in [1.82, 2.24) is 4.98 Å². The first-order valence-electron chi connectivity index (χ1n) is 5.35. The quantitative estimate of drug-likeness (QED) is 0.772. The van der Waals surface area contributed by atoms with Gasteiger partial charge in [-0.25, -0.2) is 4.98 Å². The van der Waals surface area contributed by atoms with Crippen molar-refractivity contribution in [2.75, 3.05) is 0 Å². The fraction of sp³-hybridized carbons (Fsp3) is 0.417. The van der Waals surface area contributed by atoms with Crippen LogP contribution in [0, 0.1) is 6.92 Å². The summed E-state index contributed by atoms with van der Waals surface area (Å²) in [5, 5.41) is 0. The highest BCUT2D eigenvalue weighted by Gasteiger charge is 2.27. The molecule has 1 saturated carbocycles. The lowest BCUT2D eigenvalue weighted by molar-refractivity contribution is 0.352. The summed E-state index contributed by atoms with van der Waals surface area (Å²) >= 11 is 0. The molecule has 78 valence electrons. The lowest BCUT2D eigenvalue weighted by Gasteiger charge is -2.32. The van der Waals surface area contributed by atoms with Gasteiger partial charge in [0.15, 0.2) is 11.5 Å². The normalized spacial score (nSPS) is 25.5. The molecule has 0 aliphatic heterocycles. The van der Waals surface area contributed by atoms with Gasteiger partial charge in [0.25, 0.3) is 0 Å². The lowest BCUT2D eigenvalue weighted by Crippen LogP contribution is -2.34. The van der Waals surface area contributed by atoms with Crippen molar-refractivity contribution in [2.45, 2.75) is 31.7 Å². The second kappa shape index (κ2) is 3.07. The monoisotopic (exact) mass is 202 g/mol. The van der Waals surface area contributed by atoms with Gasteiger partial charge in [0.2, 0.25) is 0 Å². The van der Waals surface area contributed by atoms with E-state index in [1.807, 2.05) is 13.0 Å². The van der Waals surface area contributed by atoms with E-state index in [0.717, 1.165) is 29.8 Å². The van der Waals surface area contributed by atoms with Gasteiger partial charge in [0.05, 0.1) is 0 Å². The molecule has 0 bridgehead atoms. The minimum absolute atomic E-state index is 0.393. The summed E-state index contributed by atoms with van der Waals surface area (Å²) in [6, 6.07) is 6.66. The lowest BCUT2D eigenvalue weighted by atomic mass is 9.76. The van der Waals surface area contributed by atoms with Crippen molar-refractivity contribution < 1.29 is 4.42 Å². The fourth-order valence-corrected chi connectivity index (χ4v) is 2.25. The summed E-state index contributed by atoms with van der Waals surface area (Å²) in [4.78, 5) is 4.34. The second-order valence-electron chi connectivity index (χ2n) is 4.39. The molecule has 15 heavy (non-hydrogen) atoms. The number of hydrogen-bond donors (Lipinski definition) is 1. The van der Waals surface area contributed by atoms with Crippen molar-refractivity contribution in [1.29, 1.82) is 0 Å². The molecule has 1 heterocycles. The Morgan fingerprint density at radius 1 is 1.40 bits per heavy atom. The molecule has 3 rings (SSSR count). The number of aromatic nitrogens is 1. The van der Waals surface area contributed by atoms with E-state index in [-0.39, 0.29) is 0 Å². The standard InChI is InChI=1S/C12H14N2O/c1-7-14-11-6-8(2-3-12(11)15-7)9-4-10(13)5-9/h2-3,6,9-10H,4-5,13H2,1H3. The summed E-state index contributed by atoms with van der Waals surface area (Å²) < 4.78 is 5.44. The number of nitrogens with zero attached hydrogens (tertiary/aromatic N) is 1. The van der Waals surface area contributed by atoms with Crippen LogP contribution in [0.25, 0.3) is 11.1 Å². The van der Waals surface area contributed by atoms with Crippen molar-refractivity contribution >= 4 is 11.1 Å². The Morgan fingerprint density at radius 3 is 2.93 bits per heavy atom. The van der Waals surface area contributed by atoms with Crippen molar-refractivity contribution in [3.8, 4) is 0 Å². The number of benzene rings is 1. The largest absolute Gasteiger partial charge is 0.441 e. The number of nitrogens with two attached hydrogens (primary N) is 1. The Labute approximate surface area is 88.3 Å². The number of oxazole rings is 1. The highest BCUT2D eigenvalue weighted by molar-refractivity contribution is 5.73. The number of fused-ring (bicyclic) bond motifs is 1. The van der Waals surface area contributed by atoms with E-state index in [1.165, 1.54) is 5.56 Å². The van der Waals surface area contributed by atoms with E-state index < -0.39 is 0 Å². The van der Waals surface area contributed by atoms with Gasteiger partial charge in [-0.15, -0.1) is 0 Å². The zero-order valence-electron chi connectivity index (χ0n) is 8.73. The van der Waals surface area contributed by atoms with Crippen molar-refractivity contribution in [2.24, 2.45) is 5.73 Å². The molecule has 1 fully saturated rings. The molecular formula is C12H14N2O. The Kier molecular flexibility index (Phi) is 1.83. The van der Waals surface area contributed by atoms with Gasteiger partial charge in [0.1, 0.15) is 5.52 Å². The van der Waals surface area contributed by atoms with Gasteiger partial charge in [0, 0.05) is 13.0 Å². The van der Waals surface area contributed by atoms with E-state index in [1.54, 1.807) is 0 Å². The molecule has 2 aromatic rings. The highest BCUT2D eigenvalue weighted by atomic mass is 16.3. The predicted octanol–water partition coefficient (Wildman–Crippen LogP) is 2.34. The van der Waals surface area contributed by atoms with Gasteiger partial charge < -0.3 is 10.2 Å². The zero-order valence-corrected chi connectivity index (χ0v) is 8.73. The average molecular weight is 202 g/mol. The molecule has 0 amide bonds. The summed E-state index contributed by atoms with van der Waals surface area (Å²) in [6.45, 7) is 1.87. The molecule has 1 aromatic heterocycles. The molecule has 1 aromatic carbocycles. The molecule has 0 atom stereocenters. The number of aryl methyl sites for hydroxylation is 1. The zero-order chi connectivity index (χ0) is 10.4. The fourth-order valence-electron chi connectivity index (χ4n) is 2.25. The third kappa shape index (κ3) is 1.43. The smallest absolute Gasteiger partial charge is 0.192 e. The van der Waals surface area contributed by atoms with Crippen LogP contribution in [-0.4, -0.2) is 11.0 Å². The minimum atomic E-state index is 0.393. The first-order valence-corrected chi connectivity index (χ1v) is 5.35. The first kappa shape index (κ1) is 8.92. The molecule has 2 N–H and O–H groups in total. The Hall–Kier alpha value is -1.35. The average Bonchev–Trinajstić information content (AvgIpc) is 2.52. The molecular weight excluding hydrogens is 188 g/mol. The van der Waals surface area contributed by atoms with Crippen molar-refractivity contribution in [3.05, 3.63) is 29.7 Å². The van der Waals surface area contributed by atoms with Gasteiger partial charge in [-0.1, -0.05) is 6.07 Å². The van der Waals surface area contributed by atoms with Crippen LogP contribution in [0.3, 0.4) is 0 Å². The van der Waals surface area contributed by atoms with E-state index >= 15 is 0 Å². The summed E-state index contributed by atoms with van der Waals surface area (Å²) in [6.07, 6.45) is 2.20. The first-order chi connectivity index (χ1) is 7.22. The van der Waals surface area contributed by atoms with Crippen LogP contribution in [0.15, 0.2) is 22.6 Å². The molecule has 0 saturated heterocycles. The Bertz CT molecular complexity index is 497. The van der Waals surface area contributed by atoms with Gasteiger partial charge in [-0.3, -0.25) is 0 Å². The maximum atomic E-state index is 5.79. The van der Waals surface area contributed by atoms with Crippen LogP contribution in [-0.2, 0) is 0 Å². The maximum Gasteiger partial charge on any atom is 0.192 e. The van der Waals surface area contributed by atoms with Crippen LogP contribution in [0.4, 0.5) is 0 Å². The molecule has 1 aliphatic carbocycles. The Balaban J connectivity index is 1.99. The topological polar surface area (TPSA) is 52.0 Å². The molecule has 0 spiro atoms. The van der Waals surface area contributed by atoms with Crippen LogP contribution < -0.4 is 5.73 Å². The van der Waals surface area contributed by atoms with E-state index in [9.17, 15) is 0 Å².